The van der Waals surface area contributed by atoms with E-state index in [0.29, 0.717) is 17.9 Å². The molecule has 0 bridgehead atoms. The van der Waals surface area contributed by atoms with Crippen LogP contribution in [0.1, 0.15) is 50.5 Å². The molecule has 1 aromatic carbocycles. The van der Waals surface area contributed by atoms with E-state index in [1.165, 1.54) is 24.8 Å². The number of rotatable bonds is 3. The average Bonchev–Trinajstić information content (AvgIpc) is 3.23. The van der Waals surface area contributed by atoms with Gasteiger partial charge in [0.2, 0.25) is 5.91 Å². The Kier molecular flexibility index (Phi) is 3.68. The lowest BCUT2D eigenvalue weighted by Crippen LogP contribution is -2.41. The molecule has 1 amide bonds. The molecular formula is C17H23NO2. The van der Waals surface area contributed by atoms with Crippen molar-refractivity contribution in [3.63, 3.8) is 0 Å². The van der Waals surface area contributed by atoms with E-state index >= 15 is 0 Å². The van der Waals surface area contributed by atoms with Crippen molar-refractivity contribution >= 4 is 5.91 Å². The number of phenols is 1. The smallest absolute Gasteiger partial charge is 0.223 e. The van der Waals surface area contributed by atoms with Crippen LogP contribution in [0.4, 0.5) is 0 Å². The molecule has 0 radical (unpaired) electrons. The van der Waals surface area contributed by atoms with Gasteiger partial charge < -0.3 is 10.4 Å². The number of aromatic hydroxyl groups is 1. The first-order valence-electron chi connectivity index (χ1n) is 7.74. The second kappa shape index (κ2) is 5.47. The number of benzene rings is 1. The van der Waals surface area contributed by atoms with Crippen LogP contribution < -0.4 is 5.32 Å². The highest BCUT2D eigenvalue weighted by Crippen LogP contribution is 2.48. The van der Waals surface area contributed by atoms with Crippen LogP contribution in [-0.4, -0.2) is 17.1 Å². The van der Waals surface area contributed by atoms with Gasteiger partial charge >= 0.3 is 0 Å². The van der Waals surface area contributed by atoms with Gasteiger partial charge in [0.25, 0.3) is 0 Å². The van der Waals surface area contributed by atoms with Gasteiger partial charge in [-0.15, -0.1) is 0 Å². The van der Waals surface area contributed by atoms with Crippen LogP contribution in [0.3, 0.4) is 0 Å². The summed E-state index contributed by atoms with van der Waals surface area (Å²) in [5, 5.41) is 12.6. The maximum Gasteiger partial charge on any atom is 0.223 e. The highest BCUT2D eigenvalue weighted by Gasteiger charge is 2.44. The summed E-state index contributed by atoms with van der Waals surface area (Å²) in [7, 11) is 0. The predicted molar refractivity (Wildman–Crippen MR) is 78.5 cm³/mol. The van der Waals surface area contributed by atoms with E-state index in [2.05, 4.69) is 12.2 Å². The number of carbonyl (C=O) groups is 1. The van der Waals surface area contributed by atoms with Gasteiger partial charge in [0.1, 0.15) is 5.75 Å². The molecule has 20 heavy (non-hydrogen) atoms. The largest absolute Gasteiger partial charge is 0.508 e. The van der Waals surface area contributed by atoms with Crippen molar-refractivity contribution in [3.05, 3.63) is 29.8 Å². The molecule has 2 aliphatic rings. The first kappa shape index (κ1) is 13.5. The molecule has 3 rings (SSSR count). The van der Waals surface area contributed by atoms with Crippen molar-refractivity contribution in [3.8, 4) is 5.75 Å². The second-order valence-electron chi connectivity index (χ2n) is 6.42. The van der Waals surface area contributed by atoms with E-state index in [4.69, 9.17) is 0 Å². The molecule has 2 aliphatic carbocycles. The lowest BCUT2D eigenvalue weighted by atomic mass is 9.86. The van der Waals surface area contributed by atoms with E-state index in [9.17, 15) is 9.90 Å². The highest BCUT2D eigenvalue weighted by molar-refractivity contribution is 5.83. The van der Waals surface area contributed by atoms with Gasteiger partial charge in [-0.3, -0.25) is 4.79 Å². The van der Waals surface area contributed by atoms with Crippen LogP contribution in [0.15, 0.2) is 24.3 Å². The molecule has 0 saturated heterocycles. The van der Waals surface area contributed by atoms with Gasteiger partial charge in [0.15, 0.2) is 0 Å². The third-order valence-electron chi connectivity index (χ3n) is 4.89. The number of hydrogen-bond donors (Lipinski definition) is 2. The summed E-state index contributed by atoms with van der Waals surface area (Å²) in [4.78, 5) is 12.3. The van der Waals surface area contributed by atoms with Gasteiger partial charge in [-0.1, -0.05) is 31.9 Å². The Hall–Kier alpha value is -1.51. The van der Waals surface area contributed by atoms with Crippen LogP contribution >= 0.6 is 0 Å². The first-order chi connectivity index (χ1) is 9.65. The van der Waals surface area contributed by atoms with Crippen LogP contribution in [0, 0.1) is 11.8 Å². The zero-order valence-electron chi connectivity index (χ0n) is 12.0. The van der Waals surface area contributed by atoms with E-state index in [1.807, 2.05) is 12.1 Å². The molecule has 2 fully saturated rings. The molecule has 4 unspecified atom stereocenters. The monoisotopic (exact) mass is 273 g/mol. The minimum Gasteiger partial charge on any atom is -0.508 e. The normalized spacial score (nSPS) is 32.6. The lowest BCUT2D eigenvalue weighted by molar-refractivity contribution is -0.123. The Morgan fingerprint density at radius 1 is 1.20 bits per heavy atom. The summed E-state index contributed by atoms with van der Waals surface area (Å²) in [6.07, 6.45) is 5.84. The van der Waals surface area contributed by atoms with E-state index in [1.54, 1.807) is 12.1 Å². The zero-order chi connectivity index (χ0) is 14.1. The summed E-state index contributed by atoms with van der Waals surface area (Å²) in [5.74, 6) is 1.59. The number of carbonyl (C=O) groups excluding carboxylic acids is 1. The van der Waals surface area contributed by atoms with Crippen molar-refractivity contribution in [1.29, 1.82) is 0 Å². The summed E-state index contributed by atoms with van der Waals surface area (Å²) in [6, 6.07) is 7.63. The minimum atomic E-state index is 0.133. The molecule has 108 valence electrons. The Bertz CT molecular complexity index is 482. The fourth-order valence-electron chi connectivity index (χ4n) is 3.40. The van der Waals surface area contributed by atoms with Gasteiger partial charge in [-0.2, -0.15) is 0 Å². The van der Waals surface area contributed by atoms with Crippen molar-refractivity contribution in [1.82, 2.24) is 5.32 Å². The quantitative estimate of drug-likeness (QED) is 0.888. The third kappa shape index (κ3) is 2.82. The van der Waals surface area contributed by atoms with Gasteiger partial charge in [-0.25, -0.2) is 0 Å². The van der Waals surface area contributed by atoms with Gasteiger partial charge in [0.05, 0.1) is 0 Å². The third-order valence-corrected chi connectivity index (χ3v) is 4.89. The average molecular weight is 273 g/mol. The molecule has 0 aliphatic heterocycles. The molecular weight excluding hydrogens is 250 g/mol. The Labute approximate surface area is 120 Å². The van der Waals surface area contributed by atoms with Crippen molar-refractivity contribution in [2.75, 3.05) is 0 Å². The Morgan fingerprint density at radius 2 is 1.90 bits per heavy atom. The Morgan fingerprint density at radius 3 is 2.60 bits per heavy atom. The van der Waals surface area contributed by atoms with Crippen LogP contribution in [0.25, 0.3) is 0 Å². The van der Waals surface area contributed by atoms with E-state index in [0.717, 1.165) is 12.8 Å². The summed E-state index contributed by atoms with van der Waals surface area (Å²) in [6.45, 7) is 2.24. The topological polar surface area (TPSA) is 49.3 Å². The minimum absolute atomic E-state index is 0.133. The predicted octanol–water partition coefficient (Wildman–Crippen LogP) is 3.19. The maximum absolute atomic E-state index is 12.3. The van der Waals surface area contributed by atoms with Gasteiger partial charge in [0, 0.05) is 12.0 Å². The fraction of sp³-hybridized carbons (Fsp3) is 0.588. The second-order valence-corrected chi connectivity index (χ2v) is 6.42. The highest BCUT2D eigenvalue weighted by atomic mass is 16.3. The molecule has 0 heterocycles. The first-order valence-corrected chi connectivity index (χ1v) is 7.74. The number of nitrogens with one attached hydrogen (secondary N) is 1. The van der Waals surface area contributed by atoms with Gasteiger partial charge in [-0.05, 0) is 48.8 Å². The van der Waals surface area contributed by atoms with Crippen molar-refractivity contribution < 1.29 is 9.90 Å². The van der Waals surface area contributed by atoms with Crippen molar-refractivity contribution in [2.24, 2.45) is 11.8 Å². The van der Waals surface area contributed by atoms with Crippen molar-refractivity contribution in [2.45, 2.75) is 51.0 Å². The standard InChI is InChI=1S/C17H23NO2/c1-11-4-2-3-5-16(11)18-17(20)15-10-14(15)12-6-8-13(19)9-7-12/h6-9,11,14-16,19H,2-5,10H2,1H3,(H,18,20). The SMILES string of the molecule is CC1CCCCC1NC(=O)C1CC1c1ccc(O)cc1. The summed E-state index contributed by atoms with van der Waals surface area (Å²) in [5.41, 5.74) is 1.17. The zero-order valence-corrected chi connectivity index (χ0v) is 12.0. The summed E-state index contributed by atoms with van der Waals surface area (Å²) < 4.78 is 0. The van der Waals surface area contributed by atoms with Crippen LogP contribution in [0.2, 0.25) is 0 Å². The molecule has 2 saturated carbocycles. The number of amides is 1. The number of hydrogen-bond acceptors (Lipinski definition) is 2. The molecule has 4 atom stereocenters. The number of phenolic OH excluding ortho intramolecular Hbond substituents is 1. The summed E-state index contributed by atoms with van der Waals surface area (Å²) >= 11 is 0. The molecule has 2 N–H and O–H groups in total. The fourth-order valence-corrected chi connectivity index (χ4v) is 3.40. The van der Waals surface area contributed by atoms with Crippen LogP contribution in [-0.2, 0) is 4.79 Å². The van der Waals surface area contributed by atoms with Crippen LogP contribution in [0.5, 0.6) is 5.75 Å². The van der Waals surface area contributed by atoms with E-state index < -0.39 is 0 Å². The van der Waals surface area contributed by atoms with E-state index in [-0.39, 0.29) is 17.6 Å². The molecule has 1 aromatic rings. The lowest BCUT2D eigenvalue weighted by Gasteiger charge is -2.29. The molecule has 3 nitrogen and oxygen atoms in total. The molecule has 0 spiro atoms. The molecule has 3 heteroatoms. The molecule has 0 aromatic heterocycles. The Balaban J connectivity index is 1.56. The maximum atomic E-state index is 12.3.